The topological polar surface area (TPSA) is 53.2 Å². The van der Waals surface area contributed by atoms with Crippen LogP contribution in [-0.2, 0) is 4.79 Å². The van der Waals surface area contributed by atoms with Crippen molar-refractivity contribution in [2.45, 2.75) is 32.1 Å². The zero-order valence-corrected chi connectivity index (χ0v) is 12.8. The summed E-state index contributed by atoms with van der Waals surface area (Å²) in [6.07, 6.45) is 5.85. The molecule has 0 saturated heterocycles. The SMILES string of the molecule is O=C(CC1CC2CCC1C2)NNC(=S)Nc1ccccc1. The lowest BCUT2D eigenvalue weighted by Gasteiger charge is -2.21. The van der Waals surface area contributed by atoms with Crippen LogP contribution < -0.4 is 16.2 Å². The van der Waals surface area contributed by atoms with Crippen molar-refractivity contribution in [2.75, 3.05) is 5.32 Å². The zero-order chi connectivity index (χ0) is 14.7. The first kappa shape index (κ1) is 14.3. The number of carbonyl (C=O) groups is 1. The van der Waals surface area contributed by atoms with E-state index in [0.717, 1.165) is 17.5 Å². The molecule has 2 bridgehead atoms. The van der Waals surface area contributed by atoms with Gasteiger partial charge < -0.3 is 5.32 Å². The van der Waals surface area contributed by atoms with Crippen LogP contribution in [0.2, 0.25) is 0 Å². The molecule has 21 heavy (non-hydrogen) atoms. The van der Waals surface area contributed by atoms with E-state index >= 15 is 0 Å². The summed E-state index contributed by atoms with van der Waals surface area (Å²) in [4.78, 5) is 12.0. The molecule has 2 fully saturated rings. The van der Waals surface area contributed by atoms with Crippen LogP contribution in [0.3, 0.4) is 0 Å². The van der Waals surface area contributed by atoms with Crippen molar-refractivity contribution in [2.24, 2.45) is 17.8 Å². The van der Waals surface area contributed by atoms with Crippen molar-refractivity contribution in [1.82, 2.24) is 10.9 Å². The van der Waals surface area contributed by atoms with Crippen molar-refractivity contribution in [3.05, 3.63) is 30.3 Å². The third kappa shape index (κ3) is 3.73. The van der Waals surface area contributed by atoms with E-state index in [0.29, 0.717) is 17.5 Å². The molecule has 1 aromatic carbocycles. The van der Waals surface area contributed by atoms with E-state index in [-0.39, 0.29) is 5.91 Å². The molecule has 0 aliphatic heterocycles. The van der Waals surface area contributed by atoms with Gasteiger partial charge in [-0.1, -0.05) is 24.6 Å². The van der Waals surface area contributed by atoms with Crippen molar-refractivity contribution < 1.29 is 4.79 Å². The third-order valence-electron chi connectivity index (χ3n) is 4.68. The van der Waals surface area contributed by atoms with Gasteiger partial charge in [0.15, 0.2) is 5.11 Å². The maximum absolute atomic E-state index is 12.0. The number of thiocarbonyl (C=S) groups is 1. The molecule has 2 aliphatic rings. The second-order valence-corrected chi connectivity index (χ2v) is 6.54. The Morgan fingerprint density at radius 2 is 1.95 bits per heavy atom. The molecule has 3 rings (SSSR count). The number of nitrogens with one attached hydrogen (secondary N) is 3. The molecule has 0 spiro atoms. The van der Waals surface area contributed by atoms with Gasteiger partial charge in [-0.25, -0.2) is 0 Å². The number of benzene rings is 1. The molecule has 2 saturated carbocycles. The van der Waals surface area contributed by atoms with Gasteiger partial charge in [0.25, 0.3) is 0 Å². The Morgan fingerprint density at radius 1 is 1.14 bits per heavy atom. The van der Waals surface area contributed by atoms with Crippen LogP contribution in [-0.4, -0.2) is 11.0 Å². The zero-order valence-electron chi connectivity index (χ0n) is 12.0. The molecule has 4 nitrogen and oxygen atoms in total. The molecule has 0 radical (unpaired) electrons. The molecule has 3 atom stereocenters. The van der Waals surface area contributed by atoms with Crippen LogP contribution in [0.1, 0.15) is 32.1 Å². The molecule has 0 aromatic heterocycles. The molecule has 3 unspecified atom stereocenters. The van der Waals surface area contributed by atoms with E-state index in [4.69, 9.17) is 12.2 Å². The summed E-state index contributed by atoms with van der Waals surface area (Å²) in [5, 5.41) is 3.43. The number of para-hydroxylation sites is 1. The largest absolute Gasteiger partial charge is 0.331 e. The van der Waals surface area contributed by atoms with Gasteiger partial charge in [0.05, 0.1) is 0 Å². The summed E-state index contributed by atoms with van der Waals surface area (Å²) < 4.78 is 0. The first-order chi connectivity index (χ1) is 10.2. The number of rotatable bonds is 3. The number of hydrogen-bond acceptors (Lipinski definition) is 2. The van der Waals surface area contributed by atoms with Gasteiger partial charge >= 0.3 is 0 Å². The van der Waals surface area contributed by atoms with Gasteiger partial charge in [-0.05, 0) is 61.4 Å². The highest BCUT2D eigenvalue weighted by Crippen LogP contribution is 2.49. The van der Waals surface area contributed by atoms with E-state index in [9.17, 15) is 4.79 Å². The lowest BCUT2D eigenvalue weighted by Crippen LogP contribution is -2.44. The molecule has 3 N–H and O–H groups in total. The number of fused-ring (bicyclic) bond motifs is 2. The van der Waals surface area contributed by atoms with Gasteiger partial charge in [0, 0.05) is 12.1 Å². The normalized spacial score (nSPS) is 26.4. The van der Waals surface area contributed by atoms with Crippen LogP contribution in [0.5, 0.6) is 0 Å². The number of carbonyl (C=O) groups excluding carboxylic acids is 1. The molecular formula is C16H21N3OS. The highest BCUT2D eigenvalue weighted by Gasteiger charge is 2.40. The quantitative estimate of drug-likeness (QED) is 0.594. The molecule has 2 aliphatic carbocycles. The van der Waals surface area contributed by atoms with Gasteiger partial charge in [0.2, 0.25) is 5.91 Å². The maximum atomic E-state index is 12.0. The average Bonchev–Trinajstić information content (AvgIpc) is 3.09. The Bertz CT molecular complexity index is 520. The predicted molar refractivity (Wildman–Crippen MR) is 87.5 cm³/mol. The van der Waals surface area contributed by atoms with Crippen LogP contribution in [0.15, 0.2) is 30.3 Å². The minimum Gasteiger partial charge on any atom is -0.331 e. The number of hydrogen-bond donors (Lipinski definition) is 3. The molecular weight excluding hydrogens is 282 g/mol. The van der Waals surface area contributed by atoms with Gasteiger partial charge in [-0.3, -0.25) is 15.6 Å². The smallest absolute Gasteiger partial charge is 0.238 e. The Hall–Kier alpha value is -1.62. The van der Waals surface area contributed by atoms with Crippen LogP contribution in [0.4, 0.5) is 5.69 Å². The Labute approximate surface area is 130 Å². The van der Waals surface area contributed by atoms with Crippen molar-refractivity contribution in [1.29, 1.82) is 0 Å². The van der Waals surface area contributed by atoms with Crippen molar-refractivity contribution in [3.8, 4) is 0 Å². The minimum absolute atomic E-state index is 0.0322. The van der Waals surface area contributed by atoms with E-state index in [1.54, 1.807) is 0 Å². The molecule has 0 heterocycles. The molecule has 5 heteroatoms. The van der Waals surface area contributed by atoms with Gasteiger partial charge in [-0.2, -0.15) is 0 Å². The lowest BCUT2D eigenvalue weighted by atomic mass is 9.86. The highest BCUT2D eigenvalue weighted by molar-refractivity contribution is 7.80. The van der Waals surface area contributed by atoms with Gasteiger partial charge in [-0.15, -0.1) is 0 Å². The molecule has 112 valence electrons. The second kappa shape index (κ2) is 6.43. The molecule has 1 aromatic rings. The average molecular weight is 303 g/mol. The van der Waals surface area contributed by atoms with Crippen LogP contribution >= 0.6 is 12.2 Å². The number of hydrazine groups is 1. The second-order valence-electron chi connectivity index (χ2n) is 6.13. The Balaban J connectivity index is 1.38. The van der Waals surface area contributed by atoms with Crippen molar-refractivity contribution >= 4 is 28.9 Å². The van der Waals surface area contributed by atoms with Crippen LogP contribution in [0, 0.1) is 17.8 Å². The first-order valence-electron chi connectivity index (χ1n) is 7.61. The number of anilines is 1. The lowest BCUT2D eigenvalue weighted by molar-refractivity contribution is -0.122. The summed E-state index contributed by atoms with van der Waals surface area (Å²) in [5.74, 6) is 2.25. The fourth-order valence-electron chi connectivity index (χ4n) is 3.73. The van der Waals surface area contributed by atoms with Crippen LogP contribution in [0.25, 0.3) is 0 Å². The predicted octanol–water partition coefficient (Wildman–Crippen LogP) is 2.83. The Kier molecular flexibility index (Phi) is 4.39. The standard InChI is InChI=1S/C16H21N3OS/c20-15(10-13-9-11-6-7-12(13)8-11)18-19-16(21)17-14-4-2-1-3-5-14/h1-5,11-13H,6-10H2,(H,18,20)(H2,17,19,21). The maximum Gasteiger partial charge on any atom is 0.238 e. The van der Waals surface area contributed by atoms with E-state index in [1.807, 2.05) is 30.3 Å². The monoisotopic (exact) mass is 303 g/mol. The highest BCUT2D eigenvalue weighted by atomic mass is 32.1. The van der Waals surface area contributed by atoms with Crippen molar-refractivity contribution in [3.63, 3.8) is 0 Å². The third-order valence-corrected chi connectivity index (χ3v) is 4.88. The fraction of sp³-hybridized carbons (Fsp3) is 0.500. The summed E-state index contributed by atoms with van der Waals surface area (Å²) in [6, 6.07) is 9.65. The summed E-state index contributed by atoms with van der Waals surface area (Å²) in [5.41, 5.74) is 6.37. The molecule has 1 amide bonds. The van der Waals surface area contributed by atoms with E-state index < -0.39 is 0 Å². The van der Waals surface area contributed by atoms with E-state index in [2.05, 4.69) is 16.2 Å². The summed E-state index contributed by atoms with van der Waals surface area (Å²) >= 11 is 5.15. The van der Waals surface area contributed by atoms with Gasteiger partial charge in [0.1, 0.15) is 0 Å². The minimum atomic E-state index is 0.0322. The summed E-state index contributed by atoms with van der Waals surface area (Å²) in [7, 11) is 0. The Morgan fingerprint density at radius 3 is 2.62 bits per heavy atom. The number of amides is 1. The fourth-order valence-corrected chi connectivity index (χ4v) is 3.89. The first-order valence-corrected chi connectivity index (χ1v) is 8.02. The summed E-state index contributed by atoms with van der Waals surface area (Å²) in [6.45, 7) is 0. The van der Waals surface area contributed by atoms with E-state index in [1.165, 1.54) is 25.7 Å².